The standard InChI is InChI=1S/C23H21NO3/c1-14-11-20(13-22(15(14)2)23(26)27)18-9-7-17(8-10-18)19-5-4-6-21(12-19)24-16(3)25/h4-13H,1-3H3,(H,24,25)(H,26,27). The van der Waals surface area contributed by atoms with Crippen molar-refractivity contribution in [1.29, 1.82) is 0 Å². The summed E-state index contributed by atoms with van der Waals surface area (Å²) in [5.74, 6) is -1.02. The minimum absolute atomic E-state index is 0.105. The highest BCUT2D eigenvalue weighted by molar-refractivity contribution is 5.92. The molecule has 0 aliphatic heterocycles. The summed E-state index contributed by atoms with van der Waals surface area (Å²) in [5.41, 5.74) is 6.69. The Morgan fingerprint density at radius 1 is 0.815 bits per heavy atom. The lowest BCUT2D eigenvalue weighted by molar-refractivity contribution is -0.114. The van der Waals surface area contributed by atoms with E-state index in [2.05, 4.69) is 5.32 Å². The summed E-state index contributed by atoms with van der Waals surface area (Å²) in [6.45, 7) is 5.23. The van der Waals surface area contributed by atoms with Crippen molar-refractivity contribution < 1.29 is 14.7 Å². The minimum Gasteiger partial charge on any atom is -0.478 e. The highest BCUT2D eigenvalue weighted by atomic mass is 16.4. The summed E-state index contributed by atoms with van der Waals surface area (Å²) in [6, 6.07) is 19.3. The van der Waals surface area contributed by atoms with Crippen LogP contribution in [-0.4, -0.2) is 17.0 Å². The Morgan fingerprint density at radius 2 is 1.44 bits per heavy atom. The van der Waals surface area contributed by atoms with E-state index in [1.54, 1.807) is 6.07 Å². The van der Waals surface area contributed by atoms with E-state index in [4.69, 9.17) is 0 Å². The monoisotopic (exact) mass is 359 g/mol. The molecule has 0 radical (unpaired) electrons. The van der Waals surface area contributed by atoms with E-state index in [0.717, 1.165) is 39.1 Å². The quantitative estimate of drug-likeness (QED) is 0.665. The number of benzene rings is 3. The molecule has 2 N–H and O–H groups in total. The highest BCUT2D eigenvalue weighted by Gasteiger charge is 2.12. The molecule has 0 saturated heterocycles. The van der Waals surface area contributed by atoms with E-state index in [0.29, 0.717) is 5.56 Å². The molecule has 3 aromatic rings. The summed E-state index contributed by atoms with van der Waals surface area (Å²) in [5, 5.41) is 12.2. The van der Waals surface area contributed by atoms with Crippen LogP contribution in [0.3, 0.4) is 0 Å². The van der Waals surface area contributed by atoms with E-state index in [-0.39, 0.29) is 5.91 Å². The molecule has 0 unspecified atom stereocenters. The van der Waals surface area contributed by atoms with Crippen LogP contribution in [0.15, 0.2) is 60.7 Å². The summed E-state index contributed by atoms with van der Waals surface area (Å²) >= 11 is 0. The number of carboxylic acids is 1. The number of hydrogen-bond donors (Lipinski definition) is 2. The van der Waals surface area contributed by atoms with Gasteiger partial charge in [0.25, 0.3) is 0 Å². The van der Waals surface area contributed by atoms with Gasteiger partial charge in [-0.2, -0.15) is 0 Å². The van der Waals surface area contributed by atoms with Gasteiger partial charge in [0.05, 0.1) is 5.56 Å². The second kappa shape index (κ2) is 7.46. The number of anilines is 1. The lowest BCUT2D eigenvalue weighted by Gasteiger charge is -2.11. The SMILES string of the molecule is CC(=O)Nc1cccc(-c2ccc(-c3cc(C)c(C)c(C(=O)O)c3)cc2)c1. The van der Waals surface area contributed by atoms with Crippen molar-refractivity contribution in [2.24, 2.45) is 0 Å². The van der Waals surface area contributed by atoms with Gasteiger partial charge < -0.3 is 10.4 Å². The number of hydrogen-bond acceptors (Lipinski definition) is 2. The topological polar surface area (TPSA) is 66.4 Å². The molecular formula is C23H21NO3. The number of carboxylic acid groups (broad SMARTS) is 1. The Kier molecular flexibility index (Phi) is 5.08. The maximum Gasteiger partial charge on any atom is 0.335 e. The van der Waals surface area contributed by atoms with Gasteiger partial charge in [0.2, 0.25) is 5.91 Å². The second-order valence-electron chi connectivity index (χ2n) is 6.61. The summed E-state index contributed by atoms with van der Waals surface area (Å²) < 4.78 is 0. The molecule has 136 valence electrons. The predicted octanol–water partition coefficient (Wildman–Crippen LogP) is 5.29. The van der Waals surface area contributed by atoms with Gasteiger partial charge in [-0.3, -0.25) is 4.79 Å². The largest absolute Gasteiger partial charge is 0.478 e. The van der Waals surface area contributed by atoms with E-state index in [9.17, 15) is 14.7 Å². The van der Waals surface area contributed by atoms with Gasteiger partial charge in [0.1, 0.15) is 0 Å². The molecule has 27 heavy (non-hydrogen) atoms. The van der Waals surface area contributed by atoms with Gasteiger partial charge in [-0.25, -0.2) is 4.79 Å². The molecule has 0 bridgehead atoms. The molecule has 0 atom stereocenters. The summed E-state index contributed by atoms with van der Waals surface area (Å²) in [4.78, 5) is 22.7. The van der Waals surface area contributed by atoms with Crippen molar-refractivity contribution >= 4 is 17.6 Å². The zero-order valence-corrected chi connectivity index (χ0v) is 15.5. The van der Waals surface area contributed by atoms with Gasteiger partial charge >= 0.3 is 5.97 Å². The fourth-order valence-corrected chi connectivity index (χ4v) is 3.08. The number of rotatable bonds is 4. The van der Waals surface area contributed by atoms with Gasteiger partial charge in [-0.05, 0) is 65.4 Å². The van der Waals surface area contributed by atoms with Gasteiger partial charge in [0.15, 0.2) is 0 Å². The van der Waals surface area contributed by atoms with Gasteiger partial charge in [-0.1, -0.05) is 42.5 Å². The molecule has 0 heterocycles. The van der Waals surface area contributed by atoms with Crippen LogP contribution in [0.25, 0.3) is 22.3 Å². The Hall–Kier alpha value is -3.40. The first-order valence-electron chi connectivity index (χ1n) is 8.68. The molecule has 3 aromatic carbocycles. The van der Waals surface area contributed by atoms with Crippen LogP contribution in [0.1, 0.15) is 28.4 Å². The Balaban J connectivity index is 1.95. The molecule has 4 heteroatoms. The van der Waals surface area contributed by atoms with Crippen molar-refractivity contribution in [2.45, 2.75) is 20.8 Å². The minimum atomic E-state index is -0.913. The normalized spacial score (nSPS) is 10.5. The first-order chi connectivity index (χ1) is 12.8. The van der Waals surface area contributed by atoms with E-state index in [1.165, 1.54) is 6.92 Å². The van der Waals surface area contributed by atoms with E-state index in [1.807, 2.05) is 68.4 Å². The summed E-state index contributed by atoms with van der Waals surface area (Å²) in [6.07, 6.45) is 0. The summed E-state index contributed by atoms with van der Waals surface area (Å²) in [7, 11) is 0. The fourth-order valence-electron chi connectivity index (χ4n) is 3.08. The highest BCUT2D eigenvalue weighted by Crippen LogP contribution is 2.29. The van der Waals surface area contributed by atoms with Crippen LogP contribution in [0.5, 0.6) is 0 Å². The average Bonchev–Trinajstić information content (AvgIpc) is 2.63. The number of carbonyl (C=O) groups is 2. The maximum absolute atomic E-state index is 11.5. The molecular weight excluding hydrogens is 338 g/mol. The first kappa shape index (κ1) is 18.4. The van der Waals surface area contributed by atoms with Crippen LogP contribution in [0.2, 0.25) is 0 Å². The van der Waals surface area contributed by atoms with Gasteiger partial charge in [-0.15, -0.1) is 0 Å². The third-order valence-corrected chi connectivity index (χ3v) is 4.63. The van der Waals surface area contributed by atoms with Crippen LogP contribution in [-0.2, 0) is 4.79 Å². The smallest absolute Gasteiger partial charge is 0.335 e. The molecule has 0 aromatic heterocycles. The molecule has 0 spiro atoms. The van der Waals surface area contributed by atoms with Crippen molar-refractivity contribution in [1.82, 2.24) is 0 Å². The molecule has 0 fully saturated rings. The van der Waals surface area contributed by atoms with E-state index < -0.39 is 5.97 Å². The van der Waals surface area contributed by atoms with Crippen molar-refractivity contribution in [3.8, 4) is 22.3 Å². The second-order valence-corrected chi connectivity index (χ2v) is 6.61. The third kappa shape index (κ3) is 4.06. The fraction of sp³-hybridized carbons (Fsp3) is 0.130. The van der Waals surface area contributed by atoms with Crippen molar-refractivity contribution in [2.75, 3.05) is 5.32 Å². The van der Waals surface area contributed by atoms with Crippen LogP contribution in [0.4, 0.5) is 5.69 Å². The molecule has 1 amide bonds. The van der Waals surface area contributed by atoms with Gasteiger partial charge in [0, 0.05) is 12.6 Å². The number of aryl methyl sites for hydroxylation is 1. The number of aromatic carboxylic acids is 1. The van der Waals surface area contributed by atoms with Crippen LogP contribution < -0.4 is 5.32 Å². The third-order valence-electron chi connectivity index (χ3n) is 4.63. The Bertz CT molecular complexity index is 1020. The number of carbonyl (C=O) groups excluding carboxylic acids is 1. The van der Waals surface area contributed by atoms with Crippen LogP contribution >= 0.6 is 0 Å². The Labute approximate surface area is 158 Å². The van der Waals surface area contributed by atoms with Crippen molar-refractivity contribution in [3.05, 3.63) is 77.4 Å². The molecule has 0 saturated carbocycles. The van der Waals surface area contributed by atoms with Crippen molar-refractivity contribution in [3.63, 3.8) is 0 Å². The zero-order valence-electron chi connectivity index (χ0n) is 15.5. The lowest BCUT2D eigenvalue weighted by atomic mass is 9.94. The lowest BCUT2D eigenvalue weighted by Crippen LogP contribution is -2.05. The molecule has 0 aliphatic carbocycles. The first-order valence-corrected chi connectivity index (χ1v) is 8.68. The number of nitrogens with one attached hydrogen (secondary N) is 1. The molecule has 4 nitrogen and oxygen atoms in total. The maximum atomic E-state index is 11.5. The van der Waals surface area contributed by atoms with E-state index >= 15 is 0 Å². The zero-order chi connectivity index (χ0) is 19.6. The molecule has 0 aliphatic rings. The number of amides is 1. The van der Waals surface area contributed by atoms with Crippen LogP contribution in [0, 0.1) is 13.8 Å². The predicted molar refractivity (Wildman–Crippen MR) is 108 cm³/mol. The Morgan fingerprint density at radius 3 is 2.04 bits per heavy atom. The molecule has 3 rings (SSSR count). The average molecular weight is 359 g/mol.